The average molecular weight is 579 g/mol. The van der Waals surface area contributed by atoms with Crippen LogP contribution in [0.1, 0.15) is 46.0 Å². The molecule has 0 amide bonds. The normalized spacial score (nSPS) is 31.8. The van der Waals surface area contributed by atoms with Crippen molar-refractivity contribution in [2.24, 2.45) is 0 Å². The minimum absolute atomic E-state index is 0.0522. The Labute approximate surface area is 240 Å². The molecule has 4 heterocycles. The lowest BCUT2D eigenvalue weighted by atomic mass is 9.79. The highest BCUT2D eigenvalue weighted by Gasteiger charge is 2.92. The summed E-state index contributed by atoms with van der Waals surface area (Å²) >= 11 is 0. The summed E-state index contributed by atoms with van der Waals surface area (Å²) in [5, 5.41) is 24.6. The van der Waals surface area contributed by atoms with Crippen LogP contribution in [0.15, 0.2) is 36.4 Å². The van der Waals surface area contributed by atoms with E-state index in [-0.39, 0.29) is 41.4 Å². The maximum absolute atomic E-state index is 13.1. The van der Waals surface area contributed by atoms with E-state index in [1.807, 2.05) is 30.3 Å². The van der Waals surface area contributed by atoms with Crippen molar-refractivity contribution in [3.63, 3.8) is 0 Å². The Morgan fingerprint density at radius 2 is 1.86 bits per heavy atom. The minimum atomic E-state index is -2.04. The van der Waals surface area contributed by atoms with Gasteiger partial charge in [0.05, 0.1) is 30.2 Å². The number of aliphatic hydroxyl groups is 1. The first-order chi connectivity index (χ1) is 20.3. The van der Waals surface area contributed by atoms with E-state index in [2.05, 4.69) is 0 Å². The summed E-state index contributed by atoms with van der Waals surface area (Å²) in [7, 11) is 4.41. The van der Waals surface area contributed by atoms with Gasteiger partial charge in [0, 0.05) is 31.6 Å². The molecule has 8 rings (SSSR count). The summed E-state index contributed by atoms with van der Waals surface area (Å²) in [5.74, 6) is -3.17. The molecule has 220 valence electrons. The Kier molecular flexibility index (Phi) is 5.48. The zero-order valence-electron chi connectivity index (χ0n) is 23.3. The van der Waals surface area contributed by atoms with Gasteiger partial charge in [0.1, 0.15) is 35.7 Å². The molecule has 3 aromatic carbocycles. The van der Waals surface area contributed by atoms with Gasteiger partial charge in [-0.1, -0.05) is 30.3 Å². The fourth-order valence-electron chi connectivity index (χ4n) is 7.34. The van der Waals surface area contributed by atoms with Gasteiger partial charge in [-0.15, -0.1) is 0 Å². The number of ketones is 1. The van der Waals surface area contributed by atoms with E-state index in [1.165, 1.54) is 21.3 Å². The van der Waals surface area contributed by atoms with Crippen LogP contribution in [0.4, 0.5) is 0 Å². The number of hydrogen-bond donors (Lipinski definition) is 2. The molecule has 3 saturated heterocycles. The van der Waals surface area contributed by atoms with Crippen molar-refractivity contribution in [3.05, 3.63) is 58.7 Å². The molecule has 0 unspecified atom stereocenters. The van der Waals surface area contributed by atoms with Crippen LogP contribution in [0.3, 0.4) is 0 Å². The highest BCUT2D eigenvalue weighted by molar-refractivity contribution is 6.12. The molecule has 2 N–H and O–H groups in total. The molecule has 0 saturated carbocycles. The summed E-state index contributed by atoms with van der Waals surface area (Å²) < 4.78 is 48.7. The Morgan fingerprint density at radius 1 is 1.10 bits per heavy atom. The first-order valence-electron chi connectivity index (χ1n) is 13.9. The van der Waals surface area contributed by atoms with Crippen LogP contribution in [0, 0.1) is 0 Å². The average Bonchev–Trinajstić information content (AvgIpc) is 3.68. The number of aromatic hydroxyl groups is 1. The van der Waals surface area contributed by atoms with E-state index in [0.29, 0.717) is 47.3 Å². The number of rotatable bonds is 7. The molecule has 3 fully saturated rings. The van der Waals surface area contributed by atoms with Crippen LogP contribution in [-0.2, 0) is 36.7 Å². The van der Waals surface area contributed by atoms with Gasteiger partial charge >= 0.3 is 0 Å². The molecular weight excluding hydrogens is 548 g/mol. The fourth-order valence-corrected chi connectivity index (χ4v) is 7.34. The van der Waals surface area contributed by atoms with Crippen molar-refractivity contribution in [3.8, 4) is 23.0 Å². The van der Waals surface area contributed by atoms with Gasteiger partial charge in [0.15, 0.2) is 11.9 Å². The van der Waals surface area contributed by atoms with Crippen LogP contribution in [0.2, 0.25) is 0 Å². The summed E-state index contributed by atoms with van der Waals surface area (Å²) in [6.45, 7) is 0.270. The second-order valence-corrected chi connectivity index (χ2v) is 11.3. The zero-order chi connectivity index (χ0) is 29.0. The molecular formula is C31H30O11. The standard InChI is InChI=1S/C31H30O11/c1-35-24-16-10-7-11-18(32)20(16)23(33)21-17(24)12-19(38-13-15-8-5-4-6-9-15)22-25(21)40-30(34)27-26(22)41-31(42-27,28(36-2)37-3)29(30)14-39-29/h4-6,8-9,12,26-28,33-34H,7,10-11,13-14H2,1-3H3/t26-,27-,29-,30-,31-/m0/s1. The maximum atomic E-state index is 13.1. The van der Waals surface area contributed by atoms with Crippen LogP contribution in [0.5, 0.6) is 23.0 Å². The molecule has 0 radical (unpaired) electrons. The van der Waals surface area contributed by atoms with Crippen molar-refractivity contribution in [2.45, 2.75) is 61.5 Å². The molecule has 1 spiro atoms. The fraction of sp³-hybridized carbons (Fsp3) is 0.452. The topological polar surface area (TPSA) is 135 Å². The van der Waals surface area contributed by atoms with E-state index < -0.39 is 35.7 Å². The predicted molar refractivity (Wildman–Crippen MR) is 144 cm³/mol. The van der Waals surface area contributed by atoms with Crippen molar-refractivity contribution < 1.29 is 52.9 Å². The number of hydrogen-bond acceptors (Lipinski definition) is 11. The summed E-state index contributed by atoms with van der Waals surface area (Å²) in [5.41, 5.74) is 0.708. The third kappa shape index (κ3) is 3.03. The Hall–Kier alpha value is -3.45. The quantitative estimate of drug-likeness (QED) is 0.316. The van der Waals surface area contributed by atoms with Gasteiger partial charge in [0.25, 0.3) is 11.6 Å². The summed E-state index contributed by atoms with van der Waals surface area (Å²) in [6, 6.07) is 11.4. The highest BCUT2D eigenvalue weighted by Crippen LogP contribution is 2.71. The Morgan fingerprint density at radius 3 is 2.55 bits per heavy atom. The van der Waals surface area contributed by atoms with E-state index in [1.54, 1.807) is 6.07 Å². The lowest BCUT2D eigenvalue weighted by Gasteiger charge is -2.47. The number of epoxide rings is 1. The zero-order valence-corrected chi connectivity index (χ0v) is 23.3. The van der Waals surface area contributed by atoms with Gasteiger partial charge in [-0.25, -0.2) is 0 Å². The van der Waals surface area contributed by atoms with Crippen molar-refractivity contribution >= 4 is 16.6 Å². The summed E-state index contributed by atoms with van der Waals surface area (Å²) in [4.78, 5) is 13.1. The number of Topliss-reactive ketones (excluding diaryl/α,β-unsaturated/α-hetero) is 1. The van der Waals surface area contributed by atoms with E-state index in [4.69, 9.17) is 37.9 Å². The van der Waals surface area contributed by atoms with E-state index >= 15 is 0 Å². The molecule has 11 nitrogen and oxygen atoms in total. The number of carbonyl (C=O) groups is 1. The molecule has 4 aliphatic heterocycles. The Balaban J connectivity index is 1.39. The number of methoxy groups -OCH3 is 3. The molecule has 5 aliphatic rings. The smallest absolute Gasteiger partial charge is 0.274 e. The third-order valence-electron chi connectivity index (χ3n) is 9.25. The second-order valence-electron chi connectivity index (χ2n) is 11.3. The Bertz CT molecular complexity index is 1630. The number of phenolic OH excluding ortho intramolecular Hbond substituents is 1. The van der Waals surface area contributed by atoms with Crippen molar-refractivity contribution in [2.75, 3.05) is 27.9 Å². The van der Waals surface area contributed by atoms with Crippen molar-refractivity contribution in [1.82, 2.24) is 0 Å². The number of fused-ring (bicyclic) bond motifs is 8. The number of phenols is 1. The molecule has 3 aromatic rings. The van der Waals surface area contributed by atoms with Crippen LogP contribution >= 0.6 is 0 Å². The maximum Gasteiger partial charge on any atom is 0.274 e. The lowest BCUT2D eigenvalue weighted by Crippen LogP contribution is -2.69. The van der Waals surface area contributed by atoms with Gasteiger partial charge in [-0.3, -0.25) is 4.79 Å². The van der Waals surface area contributed by atoms with E-state index in [9.17, 15) is 15.0 Å². The first kappa shape index (κ1) is 26.2. The SMILES string of the molecule is COc1c2c(c(O)c3c4c(c(OCc5ccccc5)cc13)[C@@H]1O[C@@]3(C(OC)OC)O[C@@H]1[C@](O)(O4)[C@@]31CO1)C(=O)CCC2. The number of benzene rings is 3. The van der Waals surface area contributed by atoms with Gasteiger partial charge in [-0.05, 0) is 24.5 Å². The molecule has 42 heavy (non-hydrogen) atoms. The second kappa shape index (κ2) is 8.79. The molecule has 0 aromatic heterocycles. The highest BCUT2D eigenvalue weighted by atomic mass is 16.9. The largest absolute Gasteiger partial charge is 0.506 e. The van der Waals surface area contributed by atoms with Crippen LogP contribution in [-0.4, -0.2) is 73.5 Å². The monoisotopic (exact) mass is 578 g/mol. The molecule has 2 bridgehead atoms. The van der Waals surface area contributed by atoms with Crippen LogP contribution < -0.4 is 14.2 Å². The van der Waals surface area contributed by atoms with E-state index in [0.717, 1.165) is 5.56 Å². The molecule has 1 aliphatic carbocycles. The minimum Gasteiger partial charge on any atom is -0.506 e. The predicted octanol–water partition coefficient (Wildman–Crippen LogP) is 3.29. The number of ether oxygens (including phenoxy) is 8. The van der Waals surface area contributed by atoms with Crippen molar-refractivity contribution in [1.29, 1.82) is 0 Å². The first-order valence-corrected chi connectivity index (χ1v) is 13.9. The number of carbonyl (C=O) groups excluding carboxylic acids is 1. The molecule has 11 heteroatoms. The van der Waals surface area contributed by atoms with Gasteiger partial charge in [-0.2, -0.15) is 0 Å². The molecule has 5 atom stereocenters. The van der Waals surface area contributed by atoms with Gasteiger partial charge < -0.3 is 48.1 Å². The lowest BCUT2D eigenvalue weighted by molar-refractivity contribution is -0.344. The van der Waals surface area contributed by atoms with Crippen LogP contribution in [0.25, 0.3) is 10.8 Å². The van der Waals surface area contributed by atoms with Gasteiger partial charge in [0.2, 0.25) is 11.9 Å². The summed E-state index contributed by atoms with van der Waals surface area (Å²) in [6.07, 6.45) is -1.51. The third-order valence-corrected chi connectivity index (χ3v) is 9.25.